The highest BCUT2D eigenvalue weighted by atomic mass is 35.5. The second kappa shape index (κ2) is 7.52. The molecule has 1 fully saturated rings. The van der Waals surface area contributed by atoms with Gasteiger partial charge in [0.1, 0.15) is 0 Å². The highest BCUT2D eigenvalue weighted by Crippen LogP contribution is 2.46. The van der Waals surface area contributed by atoms with Crippen molar-refractivity contribution in [1.29, 1.82) is 0 Å². The summed E-state index contributed by atoms with van der Waals surface area (Å²) in [6.07, 6.45) is 2.37. The molecule has 0 saturated heterocycles. The lowest BCUT2D eigenvalue weighted by molar-refractivity contribution is -0.154. The lowest BCUT2D eigenvalue weighted by atomic mass is 9.63. The van der Waals surface area contributed by atoms with Crippen LogP contribution in [0.4, 0.5) is 0 Å². The average molecular weight is 335 g/mol. The lowest BCUT2D eigenvalue weighted by Gasteiger charge is -2.40. The molecule has 0 amide bonds. The monoisotopic (exact) mass is 334 g/mol. The van der Waals surface area contributed by atoms with Gasteiger partial charge in [-0.15, -0.1) is 0 Å². The van der Waals surface area contributed by atoms with Crippen LogP contribution in [0.5, 0.6) is 0 Å². The summed E-state index contributed by atoms with van der Waals surface area (Å²) in [4.78, 5) is 23.9. The van der Waals surface area contributed by atoms with Crippen LogP contribution in [0.2, 0.25) is 5.02 Å². The van der Waals surface area contributed by atoms with Crippen LogP contribution in [-0.2, 0) is 24.5 Å². The van der Waals surface area contributed by atoms with Gasteiger partial charge >= 0.3 is 11.9 Å². The number of carbonyl (C=O) groups excluding carboxylic acids is 2. The molecule has 0 aromatic heterocycles. The van der Waals surface area contributed by atoms with Gasteiger partial charge in [-0.25, -0.2) is 4.79 Å². The maximum atomic E-state index is 12.4. The molecule has 1 aromatic carbocycles. The molecule has 1 saturated carbocycles. The first-order valence-electron chi connectivity index (χ1n) is 7.69. The Hall–Kier alpha value is -1.99. The van der Waals surface area contributed by atoms with Crippen LogP contribution in [0, 0.1) is 11.8 Å². The minimum absolute atomic E-state index is 0.243. The largest absolute Gasteiger partial charge is 0.465 e. The van der Waals surface area contributed by atoms with E-state index in [4.69, 9.17) is 21.1 Å². The molecule has 0 aliphatic heterocycles. The van der Waals surface area contributed by atoms with Gasteiger partial charge in [0.25, 0.3) is 0 Å². The Balaban J connectivity index is 2.42. The van der Waals surface area contributed by atoms with Crippen molar-refractivity contribution < 1.29 is 19.1 Å². The third-order valence-electron chi connectivity index (χ3n) is 3.95. The fourth-order valence-corrected chi connectivity index (χ4v) is 2.88. The average Bonchev–Trinajstić information content (AvgIpc) is 2.46. The third-order valence-corrected chi connectivity index (χ3v) is 4.18. The summed E-state index contributed by atoms with van der Waals surface area (Å²) in [5.41, 5.74) is 0.654. The van der Waals surface area contributed by atoms with Gasteiger partial charge in [-0.3, -0.25) is 4.79 Å². The summed E-state index contributed by atoms with van der Waals surface area (Å²) >= 11 is 6.05. The van der Waals surface area contributed by atoms with E-state index in [9.17, 15) is 9.59 Å². The number of rotatable bonds is 4. The molecule has 1 aliphatic carbocycles. The van der Waals surface area contributed by atoms with Crippen molar-refractivity contribution in [2.75, 3.05) is 13.2 Å². The zero-order chi connectivity index (χ0) is 16.9. The van der Waals surface area contributed by atoms with Crippen molar-refractivity contribution >= 4 is 23.5 Å². The first-order valence-corrected chi connectivity index (χ1v) is 8.07. The summed E-state index contributed by atoms with van der Waals surface area (Å²) < 4.78 is 10.0. The number of esters is 2. The molecule has 4 nitrogen and oxygen atoms in total. The zero-order valence-electron chi connectivity index (χ0n) is 13.3. The summed E-state index contributed by atoms with van der Waals surface area (Å²) in [5, 5.41) is 0.500. The van der Waals surface area contributed by atoms with Crippen molar-refractivity contribution in [3.8, 4) is 11.8 Å². The maximum Gasteiger partial charge on any atom is 0.384 e. The van der Waals surface area contributed by atoms with E-state index in [1.165, 1.54) is 0 Å². The van der Waals surface area contributed by atoms with Gasteiger partial charge in [-0.05, 0) is 44.4 Å². The summed E-state index contributed by atoms with van der Waals surface area (Å²) in [7, 11) is 0. The normalized spacial score (nSPS) is 14.9. The minimum atomic E-state index is -0.681. The van der Waals surface area contributed by atoms with E-state index in [-0.39, 0.29) is 12.6 Å². The molecule has 1 aliphatic rings. The van der Waals surface area contributed by atoms with Gasteiger partial charge in [0.15, 0.2) is 0 Å². The van der Waals surface area contributed by atoms with Gasteiger partial charge in [0, 0.05) is 16.5 Å². The molecule has 5 heteroatoms. The van der Waals surface area contributed by atoms with Crippen molar-refractivity contribution in [1.82, 2.24) is 0 Å². The molecular formula is C18H19ClO4. The second-order valence-electron chi connectivity index (χ2n) is 5.32. The Morgan fingerprint density at radius 3 is 2.48 bits per heavy atom. The molecule has 0 heterocycles. The number of carbonyl (C=O) groups is 2. The molecule has 122 valence electrons. The Kier molecular flexibility index (Phi) is 5.68. The first-order chi connectivity index (χ1) is 11.0. The Morgan fingerprint density at radius 2 is 1.91 bits per heavy atom. The molecule has 0 radical (unpaired) electrons. The van der Waals surface area contributed by atoms with Gasteiger partial charge < -0.3 is 9.47 Å². The zero-order valence-corrected chi connectivity index (χ0v) is 14.0. The quantitative estimate of drug-likeness (QED) is 0.626. The van der Waals surface area contributed by atoms with E-state index in [1.54, 1.807) is 32.0 Å². The standard InChI is InChI=1S/C18H19ClO4/c1-3-22-16(20)9-6-13-12-14(19)7-8-15(13)18(10-5-11-18)17(21)23-4-2/h7-8,12H,3-5,10-11H2,1-2H3. The molecule has 2 rings (SSSR count). The maximum absolute atomic E-state index is 12.4. The van der Waals surface area contributed by atoms with Crippen molar-refractivity contribution in [2.24, 2.45) is 0 Å². The number of hydrogen-bond acceptors (Lipinski definition) is 4. The van der Waals surface area contributed by atoms with E-state index in [2.05, 4.69) is 11.8 Å². The number of hydrogen-bond donors (Lipinski definition) is 0. The molecule has 0 bridgehead atoms. The Labute approximate surface area is 141 Å². The predicted octanol–water partition coefficient (Wildman–Crippen LogP) is 3.24. The van der Waals surface area contributed by atoms with Crippen LogP contribution in [-0.4, -0.2) is 25.2 Å². The highest BCUT2D eigenvalue weighted by Gasteiger charge is 2.48. The third kappa shape index (κ3) is 3.68. The molecule has 23 heavy (non-hydrogen) atoms. The minimum Gasteiger partial charge on any atom is -0.465 e. The second-order valence-corrected chi connectivity index (χ2v) is 5.75. The van der Waals surface area contributed by atoms with Crippen molar-refractivity contribution in [3.63, 3.8) is 0 Å². The summed E-state index contributed by atoms with van der Waals surface area (Å²) in [6.45, 7) is 4.10. The van der Waals surface area contributed by atoms with Gasteiger partial charge in [0.2, 0.25) is 0 Å². The van der Waals surface area contributed by atoms with E-state index < -0.39 is 11.4 Å². The van der Waals surface area contributed by atoms with Gasteiger partial charge in [-0.1, -0.05) is 30.0 Å². The molecule has 0 spiro atoms. The lowest BCUT2D eigenvalue weighted by Crippen LogP contribution is -2.44. The molecular weight excluding hydrogens is 316 g/mol. The molecule has 0 N–H and O–H groups in total. The molecule has 0 unspecified atom stereocenters. The van der Waals surface area contributed by atoms with E-state index >= 15 is 0 Å². The SMILES string of the molecule is CCOC(=O)C#Cc1cc(Cl)ccc1C1(C(=O)OCC)CCC1. The van der Waals surface area contributed by atoms with Crippen LogP contribution < -0.4 is 0 Å². The van der Waals surface area contributed by atoms with Crippen LogP contribution in [0.1, 0.15) is 44.2 Å². The fraction of sp³-hybridized carbons (Fsp3) is 0.444. The predicted molar refractivity (Wildman–Crippen MR) is 87.1 cm³/mol. The van der Waals surface area contributed by atoms with Crippen molar-refractivity contribution in [3.05, 3.63) is 34.3 Å². The van der Waals surface area contributed by atoms with E-state index in [0.29, 0.717) is 30.0 Å². The molecule has 1 aromatic rings. The summed E-state index contributed by atoms with van der Waals surface area (Å²) in [6, 6.07) is 5.20. The number of ether oxygens (including phenoxy) is 2. The highest BCUT2D eigenvalue weighted by molar-refractivity contribution is 6.30. The van der Waals surface area contributed by atoms with Crippen LogP contribution in [0.25, 0.3) is 0 Å². The van der Waals surface area contributed by atoms with Crippen LogP contribution in [0.3, 0.4) is 0 Å². The van der Waals surface area contributed by atoms with Crippen LogP contribution in [0.15, 0.2) is 18.2 Å². The first kappa shape index (κ1) is 17.4. The van der Waals surface area contributed by atoms with Crippen LogP contribution >= 0.6 is 11.6 Å². The number of halogens is 1. The Bertz CT molecular complexity index is 665. The fourth-order valence-electron chi connectivity index (χ4n) is 2.71. The van der Waals surface area contributed by atoms with E-state index in [1.807, 2.05) is 0 Å². The molecule has 0 atom stereocenters. The van der Waals surface area contributed by atoms with Crippen molar-refractivity contribution in [2.45, 2.75) is 38.5 Å². The smallest absolute Gasteiger partial charge is 0.384 e. The van der Waals surface area contributed by atoms with Gasteiger partial charge in [-0.2, -0.15) is 0 Å². The topological polar surface area (TPSA) is 52.6 Å². The Morgan fingerprint density at radius 1 is 1.22 bits per heavy atom. The van der Waals surface area contributed by atoms with Gasteiger partial charge in [0.05, 0.1) is 18.6 Å². The summed E-state index contributed by atoms with van der Waals surface area (Å²) in [5.74, 6) is 4.39. The van der Waals surface area contributed by atoms with E-state index in [0.717, 1.165) is 12.0 Å². The number of benzene rings is 1.